The Kier molecular flexibility index (Phi) is 3.51. The molecule has 0 bridgehead atoms. The van der Waals surface area contributed by atoms with Crippen LogP contribution in [0.2, 0.25) is 0 Å². The van der Waals surface area contributed by atoms with Crippen LogP contribution in [0, 0.1) is 5.41 Å². The lowest BCUT2D eigenvalue weighted by atomic mass is 9.77. The molecule has 0 saturated carbocycles. The third-order valence-electron chi connectivity index (χ3n) is 2.48. The van der Waals surface area contributed by atoms with E-state index in [0.29, 0.717) is 0 Å². The van der Waals surface area contributed by atoms with Crippen LogP contribution < -0.4 is 0 Å². The van der Waals surface area contributed by atoms with E-state index < -0.39 is 0 Å². The monoisotopic (exact) mass is 164 g/mol. The van der Waals surface area contributed by atoms with E-state index in [2.05, 4.69) is 47.8 Å². The average Bonchev–Trinajstić information content (AvgIpc) is 1.86. The van der Waals surface area contributed by atoms with Gasteiger partial charge in [0.25, 0.3) is 0 Å². The summed E-state index contributed by atoms with van der Waals surface area (Å²) in [6.45, 7) is 18.5. The normalized spacial score (nSPS) is 10.8. The lowest BCUT2D eigenvalue weighted by molar-refractivity contribution is 0.549. The molecule has 0 rings (SSSR count). The number of allylic oxidation sites excluding steroid dienone is 4. The Bertz CT molecular complexity index is 222. The molecule has 0 amide bonds. The van der Waals surface area contributed by atoms with Gasteiger partial charge in [-0.25, -0.2) is 0 Å². The zero-order valence-electron chi connectivity index (χ0n) is 8.99. The van der Waals surface area contributed by atoms with E-state index in [0.717, 1.165) is 0 Å². The minimum atomic E-state index is 0.0561. The number of hydrogen-bond donors (Lipinski definition) is 0. The van der Waals surface area contributed by atoms with Gasteiger partial charge < -0.3 is 0 Å². The number of rotatable bonds is 3. The molecule has 0 nitrogen and oxygen atoms in total. The minimum absolute atomic E-state index is 0.0561. The molecule has 0 aliphatic rings. The first-order chi connectivity index (χ1) is 5.34. The predicted octanol–water partition coefficient (Wildman–Crippen LogP) is 4.11. The summed E-state index contributed by atoms with van der Waals surface area (Å²) in [5, 5.41) is 0. The molecule has 0 N–H and O–H groups in total. The first-order valence-electron chi connectivity index (χ1n) is 4.30. The molecular weight excluding hydrogens is 144 g/mol. The van der Waals surface area contributed by atoms with Crippen LogP contribution in [-0.4, -0.2) is 0 Å². The van der Waals surface area contributed by atoms with E-state index in [-0.39, 0.29) is 5.41 Å². The van der Waals surface area contributed by atoms with Crippen LogP contribution in [-0.2, 0) is 0 Å². The van der Waals surface area contributed by atoms with E-state index >= 15 is 0 Å². The molecule has 0 fully saturated rings. The molecule has 0 radical (unpaired) electrons. The van der Waals surface area contributed by atoms with Gasteiger partial charge in [0.1, 0.15) is 0 Å². The highest BCUT2D eigenvalue weighted by molar-refractivity contribution is 5.34. The first-order valence-corrected chi connectivity index (χ1v) is 4.30. The molecule has 0 saturated heterocycles. The van der Waals surface area contributed by atoms with Gasteiger partial charge in [0.05, 0.1) is 0 Å². The lowest BCUT2D eigenvalue weighted by Gasteiger charge is -2.28. The molecular formula is C12H20. The van der Waals surface area contributed by atoms with Crippen molar-refractivity contribution in [1.82, 2.24) is 0 Å². The smallest absolute Gasteiger partial charge is 0.00987 e. The molecule has 12 heavy (non-hydrogen) atoms. The van der Waals surface area contributed by atoms with Crippen molar-refractivity contribution in [3.05, 3.63) is 36.0 Å². The fourth-order valence-corrected chi connectivity index (χ4v) is 1.31. The van der Waals surface area contributed by atoms with Crippen molar-refractivity contribution >= 4 is 0 Å². The molecule has 68 valence electrons. The van der Waals surface area contributed by atoms with Gasteiger partial charge in [-0.05, 0) is 26.3 Å². The van der Waals surface area contributed by atoms with Gasteiger partial charge in [-0.1, -0.05) is 44.2 Å². The molecule has 0 unspecified atom stereocenters. The van der Waals surface area contributed by atoms with Crippen molar-refractivity contribution in [2.45, 2.75) is 34.6 Å². The topological polar surface area (TPSA) is 0 Å². The van der Waals surface area contributed by atoms with Crippen LogP contribution in [0.15, 0.2) is 36.0 Å². The van der Waals surface area contributed by atoms with Crippen molar-refractivity contribution in [3.8, 4) is 0 Å². The SMILES string of the molecule is C=CC(=C(C)C)C(C)(C)C(=C)C. The molecule has 0 atom stereocenters. The predicted molar refractivity (Wildman–Crippen MR) is 57.2 cm³/mol. The second kappa shape index (κ2) is 3.75. The Morgan fingerprint density at radius 2 is 1.58 bits per heavy atom. The summed E-state index contributed by atoms with van der Waals surface area (Å²) < 4.78 is 0. The third-order valence-corrected chi connectivity index (χ3v) is 2.48. The first kappa shape index (κ1) is 11.2. The van der Waals surface area contributed by atoms with E-state index in [1.807, 2.05) is 6.08 Å². The van der Waals surface area contributed by atoms with Gasteiger partial charge in [0.15, 0.2) is 0 Å². The van der Waals surface area contributed by atoms with Crippen molar-refractivity contribution in [2.24, 2.45) is 5.41 Å². The highest BCUT2D eigenvalue weighted by Crippen LogP contribution is 2.35. The van der Waals surface area contributed by atoms with Crippen LogP contribution in [0.5, 0.6) is 0 Å². The van der Waals surface area contributed by atoms with Gasteiger partial charge in [-0.2, -0.15) is 0 Å². The Morgan fingerprint density at radius 1 is 1.17 bits per heavy atom. The highest BCUT2D eigenvalue weighted by atomic mass is 14.3. The molecule has 0 aliphatic carbocycles. The summed E-state index contributed by atoms with van der Waals surface area (Å²) in [6.07, 6.45) is 1.93. The van der Waals surface area contributed by atoms with Gasteiger partial charge >= 0.3 is 0 Å². The summed E-state index contributed by atoms with van der Waals surface area (Å²) in [5.41, 5.74) is 3.84. The summed E-state index contributed by atoms with van der Waals surface area (Å²) in [7, 11) is 0. The van der Waals surface area contributed by atoms with Crippen LogP contribution in [0.4, 0.5) is 0 Å². The Morgan fingerprint density at radius 3 is 1.67 bits per heavy atom. The second-order valence-corrected chi connectivity index (χ2v) is 4.02. The quantitative estimate of drug-likeness (QED) is 0.435. The van der Waals surface area contributed by atoms with E-state index in [4.69, 9.17) is 0 Å². The zero-order chi connectivity index (χ0) is 9.94. The fourth-order valence-electron chi connectivity index (χ4n) is 1.31. The zero-order valence-corrected chi connectivity index (χ0v) is 8.99. The molecule has 0 heterocycles. The van der Waals surface area contributed by atoms with Crippen molar-refractivity contribution in [3.63, 3.8) is 0 Å². The summed E-state index contributed by atoms with van der Waals surface area (Å²) >= 11 is 0. The molecule has 0 aromatic rings. The van der Waals surface area contributed by atoms with E-state index in [9.17, 15) is 0 Å². The molecule has 0 aliphatic heterocycles. The van der Waals surface area contributed by atoms with Crippen LogP contribution in [0.25, 0.3) is 0 Å². The van der Waals surface area contributed by atoms with Crippen LogP contribution in [0.1, 0.15) is 34.6 Å². The summed E-state index contributed by atoms with van der Waals surface area (Å²) in [4.78, 5) is 0. The van der Waals surface area contributed by atoms with Gasteiger partial charge in [-0.3, -0.25) is 0 Å². The summed E-state index contributed by atoms with van der Waals surface area (Å²) in [5.74, 6) is 0. The van der Waals surface area contributed by atoms with E-state index in [1.165, 1.54) is 16.7 Å². The number of hydrogen-bond acceptors (Lipinski definition) is 0. The van der Waals surface area contributed by atoms with Crippen molar-refractivity contribution < 1.29 is 0 Å². The maximum atomic E-state index is 4.00. The molecule has 0 aromatic carbocycles. The van der Waals surface area contributed by atoms with Gasteiger partial charge in [-0.15, -0.1) is 0 Å². The average molecular weight is 164 g/mol. The largest absolute Gasteiger partial charge is 0.0993 e. The van der Waals surface area contributed by atoms with Crippen molar-refractivity contribution in [1.29, 1.82) is 0 Å². The van der Waals surface area contributed by atoms with Crippen LogP contribution in [0.3, 0.4) is 0 Å². The highest BCUT2D eigenvalue weighted by Gasteiger charge is 2.22. The summed E-state index contributed by atoms with van der Waals surface area (Å²) in [6, 6.07) is 0. The van der Waals surface area contributed by atoms with E-state index in [1.54, 1.807) is 0 Å². The molecule has 0 aromatic heterocycles. The standard InChI is InChI=1S/C12H20/c1-8-11(9(2)3)12(6,7)10(4)5/h8H,1,4H2,2-3,5-7H3. The second-order valence-electron chi connectivity index (χ2n) is 4.02. The lowest BCUT2D eigenvalue weighted by Crippen LogP contribution is -2.15. The Hall–Kier alpha value is -0.780. The Labute approximate surface area is 76.7 Å². The van der Waals surface area contributed by atoms with Crippen molar-refractivity contribution in [2.75, 3.05) is 0 Å². The maximum absolute atomic E-state index is 4.00. The molecule has 0 heteroatoms. The Balaban J connectivity index is 5.13. The van der Waals surface area contributed by atoms with Crippen LogP contribution >= 0.6 is 0 Å². The van der Waals surface area contributed by atoms with Gasteiger partial charge in [0, 0.05) is 5.41 Å². The van der Waals surface area contributed by atoms with Gasteiger partial charge in [0.2, 0.25) is 0 Å². The maximum Gasteiger partial charge on any atom is 0.00987 e. The fraction of sp³-hybridized carbons (Fsp3) is 0.500. The molecule has 0 spiro atoms. The minimum Gasteiger partial charge on any atom is -0.0993 e. The third kappa shape index (κ3) is 2.10.